The maximum atomic E-state index is 4.91. The SMILES string of the molecule is CC[SiH](CC)CC.COc1ccccc1.O. The van der Waals surface area contributed by atoms with Gasteiger partial charge in [-0.25, -0.2) is 0 Å². The fourth-order valence-electron chi connectivity index (χ4n) is 1.42. The number of rotatable bonds is 4. The lowest BCUT2D eigenvalue weighted by atomic mass is 10.3. The molecule has 3 heteroatoms. The highest BCUT2D eigenvalue weighted by molar-refractivity contribution is 6.58. The normalized spacial score (nSPS) is 8.81. The monoisotopic (exact) mass is 242 g/mol. The largest absolute Gasteiger partial charge is 0.497 e. The van der Waals surface area contributed by atoms with Gasteiger partial charge in [0.05, 0.1) is 7.11 Å². The average Bonchev–Trinajstić information content (AvgIpc) is 2.33. The Morgan fingerprint density at radius 2 is 1.38 bits per heavy atom. The molecule has 0 aromatic heterocycles. The number of para-hydroxylation sites is 1. The van der Waals surface area contributed by atoms with Gasteiger partial charge in [-0.05, 0) is 12.1 Å². The zero-order valence-corrected chi connectivity index (χ0v) is 12.1. The molecule has 1 aromatic carbocycles. The third-order valence-corrected chi connectivity index (χ3v) is 6.18. The molecule has 2 nitrogen and oxygen atoms in total. The minimum absolute atomic E-state index is 0. The standard InChI is InChI=1S/C7H8O.C6H16Si.H2O/c1-8-7-5-3-2-4-6-7;1-4-7(5-2)6-3;/h2-6H,1H3;7H,4-6H2,1-3H3;1H2. The zero-order valence-electron chi connectivity index (χ0n) is 11.0. The first kappa shape index (κ1) is 17.6. The summed E-state index contributed by atoms with van der Waals surface area (Å²) in [5, 5.41) is 0. The molecular formula is C13H26O2Si. The van der Waals surface area contributed by atoms with E-state index in [0.29, 0.717) is 0 Å². The first-order valence-electron chi connectivity index (χ1n) is 5.87. The van der Waals surface area contributed by atoms with Crippen LogP contribution in [0, 0.1) is 0 Å². The van der Waals surface area contributed by atoms with Gasteiger partial charge < -0.3 is 10.2 Å². The molecule has 0 atom stereocenters. The van der Waals surface area contributed by atoms with E-state index in [1.165, 1.54) is 18.1 Å². The van der Waals surface area contributed by atoms with Gasteiger partial charge >= 0.3 is 0 Å². The van der Waals surface area contributed by atoms with E-state index in [1.54, 1.807) is 7.11 Å². The van der Waals surface area contributed by atoms with Crippen molar-refractivity contribution >= 4 is 8.80 Å². The third kappa shape index (κ3) is 8.50. The minimum Gasteiger partial charge on any atom is -0.497 e. The third-order valence-electron chi connectivity index (χ3n) is 2.71. The Balaban J connectivity index is 0. The van der Waals surface area contributed by atoms with Crippen molar-refractivity contribution in [3.05, 3.63) is 30.3 Å². The van der Waals surface area contributed by atoms with Crippen molar-refractivity contribution in [3.8, 4) is 5.75 Å². The Bertz CT molecular complexity index is 217. The van der Waals surface area contributed by atoms with Gasteiger partial charge in [-0.3, -0.25) is 0 Å². The molecule has 0 aliphatic carbocycles. The van der Waals surface area contributed by atoms with Gasteiger partial charge in [0.15, 0.2) is 0 Å². The van der Waals surface area contributed by atoms with E-state index >= 15 is 0 Å². The summed E-state index contributed by atoms with van der Waals surface area (Å²) in [6.07, 6.45) is 0. The fourth-order valence-corrected chi connectivity index (χ4v) is 3.15. The Morgan fingerprint density at radius 1 is 0.938 bits per heavy atom. The number of hydrogen-bond acceptors (Lipinski definition) is 1. The topological polar surface area (TPSA) is 40.7 Å². The van der Waals surface area contributed by atoms with Crippen molar-refractivity contribution in [1.82, 2.24) is 0 Å². The highest BCUT2D eigenvalue weighted by Crippen LogP contribution is 2.05. The Hall–Kier alpha value is -0.803. The highest BCUT2D eigenvalue weighted by Gasteiger charge is 1.98. The minimum atomic E-state index is -0.171. The molecule has 0 radical (unpaired) electrons. The lowest BCUT2D eigenvalue weighted by molar-refractivity contribution is 0.415. The predicted molar refractivity (Wildman–Crippen MR) is 75.2 cm³/mol. The first-order chi connectivity index (χ1) is 7.28. The van der Waals surface area contributed by atoms with Crippen LogP contribution in [0.1, 0.15) is 20.8 Å². The molecule has 1 aromatic rings. The number of methoxy groups -OCH3 is 1. The summed E-state index contributed by atoms with van der Waals surface area (Å²) in [7, 11) is 1.49. The molecule has 0 saturated heterocycles. The molecule has 0 heterocycles. The smallest absolute Gasteiger partial charge is 0.118 e. The second kappa shape index (κ2) is 12.3. The van der Waals surface area contributed by atoms with Gasteiger partial charge in [0.25, 0.3) is 0 Å². The highest BCUT2D eigenvalue weighted by atomic mass is 28.3. The second-order valence-electron chi connectivity index (χ2n) is 3.61. The van der Waals surface area contributed by atoms with E-state index in [9.17, 15) is 0 Å². The number of ether oxygens (including phenoxy) is 1. The van der Waals surface area contributed by atoms with Crippen molar-refractivity contribution in [1.29, 1.82) is 0 Å². The van der Waals surface area contributed by atoms with Crippen molar-refractivity contribution in [2.45, 2.75) is 38.9 Å². The number of benzene rings is 1. The molecule has 0 aliphatic heterocycles. The Morgan fingerprint density at radius 3 is 1.56 bits per heavy atom. The van der Waals surface area contributed by atoms with E-state index in [2.05, 4.69) is 20.8 Å². The molecule has 0 spiro atoms. The zero-order chi connectivity index (χ0) is 11.5. The Kier molecular flexibility index (Phi) is 13.5. The molecule has 2 N–H and O–H groups in total. The van der Waals surface area contributed by atoms with Crippen LogP contribution in [0.25, 0.3) is 0 Å². The first-order valence-corrected chi connectivity index (χ1v) is 8.32. The molecule has 0 fully saturated rings. The summed E-state index contributed by atoms with van der Waals surface area (Å²) >= 11 is 0. The van der Waals surface area contributed by atoms with Crippen LogP contribution in [0.15, 0.2) is 30.3 Å². The fraction of sp³-hybridized carbons (Fsp3) is 0.538. The van der Waals surface area contributed by atoms with E-state index in [-0.39, 0.29) is 14.3 Å². The maximum Gasteiger partial charge on any atom is 0.118 e. The molecule has 1 rings (SSSR count). The van der Waals surface area contributed by atoms with Crippen LogP contribution >= 0.6 is 0 Å². The van der Waals surface area contributed by atoms with Gasteiger partial charge in [0.2, 0.25) is 0 Å². The number of hydrogen-bond donors (Lipinski definition) is 0. The summed E-state index contributed by atoms with van der Waals surface area (Å²) in [5.41, 5.74) is 0. The van der Waals surface area contributed by atoms with Crippen LogP contribution in [-0.4, -0.2) is 21.4 Å². The van der Waals surface area contributed by atoms with Crippen LogP contribution < -0.4 is 4.74 Å². The molecule has 0 unspecified atom stereocenters. The van der Waals surface area contributed by atoms with Gasteiger partial charge in [-0.1, -0.05) is 57.1 Å². The maximum absolute atomic E-state index is 4.91. The van der Waals surface area contributed by atoms with Crippen LogP contribution in [0.2, 0.25) is 18.1 Å². The molecule has 0 amide bonds. The molecule has 0 saturated carbocycles. The Labute approximate surface area is 102 Å². The van der Waals surface area contributed by atoms with E-state index in [0.717, 1.165) is 5.75 Å². The van der Waals surface area contributed by atoms with Crippen LogP contribution in [0.5, 0.6) is 5.75 Å². The van der Waals surface area contributed by atoms with Gasteiger partial charge in [-0.15, -0.1) is 0 Å². The molecule has 16 heavy (non-hydrogen) atoms. The summed E-state index contributed by atoms with van der Waals surface area (Å²) in [5.74, 6) is 0.910. The second-order valence-corrected chi connectivity index (χ2v) is 7.79. The summed E-state index contributed by atoms with van der Waals surface area (Å²) in [4.78, 5) is 0. The predicted octanol–water partition coefficient (Wildman–Crippen LogP) is 3.14. The van der Waals surface area contributed by atoms with Crippen molar-refractivity contribution in [3.63, 3.8) is 0 Å². The van der Waals surface area contributed by atoms with Gasteiger partial charge in [-0.2, -0.15) is 0 Å². The average molecular weight is 242 g/mol. The lowest BCUT2D eigenvalue weighted by Gasteiger charge is -2.03. The van der Waals surface area contributed by atoms with Crippen LogP contribution in [-0.2, 0) is 0 Å². The molecule has 0 aliphatic rings. The quantitative estimate of drug-likeness (QED) is 0.748. The van der Waals surface area contributed by atoms with Crippen molar-refractivity contribution < 1.29 is 10.2 Å². The van der Waals surface area contributed by atoms with E-state index in [1.807, 2.05) is 30.3 Å². The summed E-state index contributed by atoms with van der Waals surface area (Å²) in [6, 6.07) is 14.2. The molecular weight excluding hydrogens is 216 g/mol. The summed E-state index contributed by atoms with van der Waals surface area (Å²) in [6.45, 7) is 6.97. The molecule has 94 valence electrons. The lowest BCUT2D eigenvalue weighted by Crippen LogP contribution is -2.04. The van der Waals surface area contributed by atoms with Gasteiger partial charge in [0.1, 0.15) is 5.75 Å². The molecule has 0 bridgehead atoms. The van der Waals surface area contributed by atoms with E-state index in [4.69, 9.17) is 4.74 Å². The van der Waals surface area contributed by atoms with Crippen molar-refractivity contribution in [2.75, 3.05) is 7.11 Å². The van der Waals surface area contributed by atoms with Crippen LogP contribution in [0.3, 0.4) is 0 Å². The van der Waals surface area contributed by atoms with E-state index < -0.39 is 0 Å². The van der Waals surface area contributed by atoms with Gasteiger partial charge in [0, 0.05) is 8.80 Å². The van der Waals surface area contributed by atoms with Crippen LogP contribution in [0.4, 0.5) is 0 Å². The van der Waals surface area contributed by atoms with Crippen molar-refractivity contribution in [2.24, 2.45) is 0 Å². The summed E-state index contributed by atoms with van der Waals surface area (Å²) < 4.78 is 4.91.